The van der Waals surface area contributed by atoms with Crippen LogP contribution in [0.4, 0.5) is 5.13 Å². The van der Waals surface area contributed by atoms with Crippen LogP contribution in [-0.4, -0.2) is 48.5 Å². The van der Waals surface area contributed by atoms with Crippen molar-refractivity contribution in [3.8, 4) is 5.75 Å². The fourth-order valence-electron chi connectivity index (χ4n) is 3.13. The molecule has 1 aliphatic heterocycles. The minimum Gasteiger partial charge on any atom is -0.493 e. The first kappa shape index (κ1) is 19.6. The van der Waals surface area contributed by atoms with Crippen molar-refractivity contribution >= 4 is 32.7 Å². The smallest absolute Gasteiger partial charge is 0.335 e. The number of aromatic carboxylic acids is 1. The van der Waals surface area contributed by atoms with Gasteiger partial charge in [-0.05, 0) is 35.9 Å². The zero-order chi connectivity index (χ0) is 20.1. The SMILES string of the molecule is O=C(O)c1ccc(CNc2nc3ccc(OCCC4CNCCO4)cc3s2)cc1. The Kier molecular flexibility index (Phi) is 6.24. The highest BCUT2D eigenvalue weighted by Crippen LogP contribution is 2.29. The predicted octanol–water partition coefficient (Wildman–Crippen LogP) is 3.36. The summed E-state index contributed by atoms with van der Waals surface area (Å²) in [6.07, 6.45) is 1.08. The lowest BCUT2D eigenvalue weighted by Crippen LogP contribution is -2.39. The number of ether oxygens (including phenoxy) is 2. The molecule has 3 N–H and O–H groups in total. The molecule has 152 valence electrons. The van der Waals surface area contributed by atoms with Crippen LogP contribution in [-0.2, 0) is 11.3 Å². The standard InChI is InChI=1S/C21H23N3O4S/c25-20(26)15-3-1-14(2-4-15)12-23-21-24-18-6-5-16(11-19(18)29-21)27-9-7-17-13-22-8-10-28-17/h1-6,11,17,22H,7-10,12-13H2,(H,23,24)(H,25,26). The number of rotatable bonds is 8. The molecule has 4 rings (SSSR count). The summed E-state index contributed by atoms with van der Waals surface area (Å²) in [4.78, 5) is 15.5. The lowest BCUT2D eigenvalue weighted by Gasteiger charge is -2.23. The van der Waals surface area contributed by atoms with Crippen molar-refractivity contribution < 1.29 is 19.4 Å². The van der Waals surface area contributed by atoms with Crippen molar-refractivity contribution in [1.82, 2.24) is 10.3 Å². The van der Waals surface area contributed by atoms with E-state index >= 15 is 0 Å². The monoisotopic (exact) mass is 413 g/mol. The maximum atomic E-state index is 10.9. The predicted molar refractivity (Wildman–Crippen MR) is 113 cm³/mol. The second-order valence-corrected chi connectivity index (χ2v) is 7.87. The fraction of sp³-hybridized carbons (Fsp3) is 0.333. The molecule has 0 saturated carbocycles. The van der Waals surface area contributed by atoms with Crippen LogP contribution in [0, 0.1) is 0 Å². The Morgan fingerprint density at radius 1 is 1.31 bits per heavy atom. The third-order valence-electron chi connectivity index (χ3n) is 4.72. The average molecular weight is 413 g/mol. The average Bonchev–Trinajstić information content (AvgIpc) is 3.15. The van der Waals surface area contributed by atoms with Crippen LogP contribution in [0.25, 0.3) is 10.2 Å². The quantitative estimate of drug-likeness (QED) is 0.521. The third kappa shape index (κ3) is 5.23. The molecule has 29 heavy (non-hydrogen) atoms. The summed E-state index contributed by atoms with van der Waals surface area (Å²) in [5.41, 5.74) is 2.20. The number of fused-ring (bicyclic) bond motifs is 1. The van der Waals surface area contributed by atoms with Crippen LogP contribution in [0.1, 0.15) is 22.3 Å². The Morgan fingerprint density at radius 2 is 2.17 bits per heavy atom. The van der Waals surface area contributed by atoms with Gasteiger partial charge in [-0.25, -0.2) is 9.78 Å². The van der Waals surface area contributed by atoms with Crippen LogP contribution in [0.5, 0.6) is 5.75 Å². The second kappa shape index (κ2) is 9.21. The van der Waals surface area contributed by atoms with Crippen molar-refractivity contribution in [2.45, 2.75) is 19.1 Å². The summed E-state index contributed by atoms with van der Waals surface area (Å²) in [6.45, 7) is 3.76. The number of carboxylic acids is 1. The molecular weight excluding hydrogens is 390 g/mol. The molecule has 2 aromatic carbocycles. The first-order valence-electron chi connectivity index (χ1n) is 9.59. The van der Waals surface area contributed by atoms with Crippen LogP contribution >= 0.6 is 11.3 Å². The molecule has 1 aromatic heterocycles. The van der Waals surface area contributed by atoms with Crippen molar-refractivity contribution in [3.63, 3.8) is 0 Å². The molecule has 3 aromatic rings. The number of morpholine rings is 1. The number of thiazole rings is 1. The number of nitrogens with one attached hydrogen (secondary N) is 2. The minimum absolute atomic E-state index is 0.219. The number of carbonyl (C=O) groups is 1. The summed E-state index contributed by atoms with van der Waals surface area (Å²) < 4.78 is 12.6. The van der Waals surface area contributed by atoms with Crippen LogP contribution in [0.3, 0.4) is 0 Å². The van der Waals surface area contributed by atoms with Gasteiger partial charge in [0.25, 0.3) is 0 Å². The number of aromatic nitrogens is 1. The summed E-state index contributed by atoms with van der Waals surface area (Å²) >= 11 is 1.57. The zero-order valence-corrected chi connectivity index (χ0v) is 16.7. The van der Waals surface area contributed by atoms with Gasteiger partial charge in [-0.2, -0.15) is 0 Å². The molecule has 1 fully saturated rings. The third-order valence-corrected chi connectivity index (χ3v) is 5.69. The number of anilines is 1. The Hall–Kier alpha value is -2.68. The maximum absolute atomic E-state index is 10.9. The van der Waals surface area contributed by atoms with Gasteiger partial charge in [0.15, 0.2) is 5.13 Å². The van der Waals surface area contributed by atoms with Gasteiger partial charge >= 0.3 is 5.97 Å². The van der Waals surface area contributed by atoms with E-state index in [1.807, 2.05) is 18.2 Å². The van der Waals surface area contributed by atoms with Gasteiger partial charge in [0, 0.05) is 26.1 Å². The molecule has 0 radical (unpaired) electrons. The van der Waals surface area contributed by atoms with Gasteiger partial charge in [0.2, 0.25) is 0 Å². The van der Waals surface area contributed by atoms with Crippen LogP contribution in [0.15, 0.2) is 42.5 Å². The molecule has 1 atom stereocenters. The Bertz CT molecular complexity index is 968. The molecule has 0 aliphatic carbocycles. The largest absolute Gasteiger partial charge is 0.493 e. The van der Waals surface area contributed by atoms with Crippen LogP contribution in [0.2, 0.25) is 0 Å². The Labute approximate surface area is 172 Å². The summed E-state index contributed by atoms with van der Waals surface area (Å²) in [6, 6.07) is 12.7. The number of hydrogen-bond acceptors (Lipinski definition) is 7. The molecular formula is C21H23N3O4S. The maximum Gasteiger partial charge on any atom is 0.335 e. The number of hydrogen-bond donors (Lipinski definition) is 3. The molecule has 1 unspecified atom stereocenters. The van der Waals surface area contributed by atoms with Crippen molar-refractivity contribution in [2.75, 3.05) is 31.6 Å². The molecule has 1 aliphatic rings. The summed E-state index contributed by atoms with van der Waals surface area (Å²) in [5, 5.41) is 16.4. The zero-order valence-electron chi connectivity index (χ0n) is 15.9. The van der Waals surface area contributed by atoms with Gasteiger partial charge in [-0.3, -0.25) is 0 Å². The van der Waals surface area contributed by atoms with Gasteiger partial charge in [-0.15, -0.1) is 0 Å². The highest BCUT2D eigenvalue weighted by atomic mass is 32.1. The lowest BCUT2D eigenvalue weighted by atomic mass is 10.1. The Balaban J connectivity index is 1.32. The highest BCUT2D eigenvalue weighted by molar-refractivity contribution is 7.22. The van der Waals surface area contributed by atoms with E-state index in [4.69, 9.17) is 14.6 Å². The van der Waals surface area contributed by atoms with Crippen molar-refractivity contribution in [2.24, 2.45) is 0 Å². The minimum atomic E-state index is -0.920. The van der Waals surface area contributed by atoms with E-state index in [2.05, 4.69) is 15.6 Å². The number of nitrogens with zero attached hydrogens (tertiary/aromatic N) is 1. The fourth-order valence-corrected chi connectivity index (χ4v) is 4.02. The molecule has 0 spiro atoms. The molecule has 0 amide bonds. The van der Waals surface area contributed by atoms with Crippen molar-refractivity contribution in [3.05, 3.63) is 53.6 Å². The van der Waals surface area contributed by atoms with Gasteiger partial charge in [-0.1, -0.05) is 23.5 Å². The van der Waals surface area contributed by atoms with E-state index in [1.165, 1.54) is 0 Å². The summed E-state index contributed by atoms with van der Waals surface area (Å²) in [7, 11) is 0. The van der Waals surface area contributed by atoms with E-state index in [1.54, 1.807) is 35.6 Å². The molecule has 2 heterocycles. The normalized spacial score (nSPS) is 16.6. The molecule has 1 saturated heterocycles. The van der Waals surface area contributed by atoms with Gasteiger partial charge in [0.1, 0.15) is 5.75 Å². The lowest BCUT2D eigenvalue weighted by molar-refractivity contribution is 0.0159. The topological polar surface area (TPSA) is 92.7 Å². The van der Waals surface area contributed by atoms with E-state index in [0.29, 0.717) is 13.2 Å². The van der Waals surface area contributed by atoms with Gasteiger partial charge in [0.05, 0.1) is 35.1 Å². The second-order valence-electron chi connectivity index (χ2n) is 6.84. The molecule has 8 heteroatoms. The van der Waals surface area contributed by atoms with Crippen LogP contribution < -0.4 is 15.4 Å². The van der Waals surface area contributed by atoms with E-state index in [-0.39, 0.29) is 11.7 Å². The first-order chi connectivity index (χ1) is 14.2. The number of carboxylic acid groups (broad SMARTS) is 1. The highest BCUT2D eigenvalue weighted by Gasteiger charge is 2.13. The molecule has 7 nitrogen and oxygen atoms in total. The first-order valence-corrected chi connectivity index (χ1v) is 10.4. The van der Waals surface area contributed by atoms with E-state index in [9.17, 15) is 4.79 Å². The Morgan fingerprint density at radius 3 is 2.93 bits per heavy atom. The summed E-state index contributed by atoms with van der Waals surface area (Å²) in [5.74, 6) is -0.0858. The van der Waals surface area contributed by atoms with Gasteiger partial charge < -0.3 is 25.2 Å². The van der Waals surface area contributed by atoms with Crippen molar-refractivity contribution in [1.29, 1.82) is 0 Å². The van der Waals surface area contributed by atoms with E-state index < -0.39 is 5.97 Å². The number of benzene rings is 2. The van der Waals surface area contributed by atoms with E-state index in [0.717, 1.165) is 52.8 Å². The molecule has 0 bridgehead atoms.